The molecule has 0 saturated carbocycles. The van der Waals surface area contributed by atoms with E-state index in [0.29, 0.717) is 19.4 Å². The van der Waals surface area contributed by atoms with Crippen LogP contribution in [0.1, 0.15) is 20.8 Å². The summed E-state index contributed by atoms with van der Waals surface area (Å²) in [6.45, 7) is 6.76. The Morgan fingerprint density at radius 1 is 1.50 bits per heavy atom. The van der Waals surface area contributed by atoms with Gasteiger partial charge in [0.2, 0.25) is 0 Å². The number of nitrogens with zero attached hydrogens (tertiary/aromatic N) is 1. The molecule has 0 aliphatic heterocycles. The van der Waals surface area contributed by atoms with Gasteiger partial charge >= 0.3 is 6.03 Å². The van der Waals surface area contributed by atoms with E-state index in [9.17, 15) is 9.59 Å². The average molecular weight is 172 g/mol. The number of urea groups is 1. The molecule has 1 atom stereocenters. The van der Waals surface area contributed by atoms with Gasteiger partial charge in [-0.3, -0.25) is 0 Å². The molecule has 0 heterocycles. The normalized spacial score (nSPS) is 11.9. The number of aldehydes is 1. The van der Waals surface area contributed by atoms with Gasteiger partial charge in [0.25, 0.3) is 0 Å². The van der Waals surface area contributed by atoms with Crippen LogP contribution in [0.4, 0.5) is 4.79 Å². The fraction of sp³-hybridized carbons (Fsp3) is 0.750. The second kappa shape index (κ2) is 5.57. The highest BCUT2D eigenvalue weighted by atomic mass is 16.2. The summed E-state index contributed by atoms with van der Waals surface area (Å²) in [5.74, 6) is 0. The van der Waals surface area contributed by atoms with Crippen LogP contribution in [0.15, 0.2) is 0 Å². The molecule has 4 nitrogen and oxygen atoms in total. The molecule has 0 unspecified atom stereocenters. The van der Waals surface area contributed by atoms with E-state index in [-0.39, 0.29) is 6.03 Å². The Morgan fingerprint density at radius 2 is 2.00 bits per heavy atom. The second-order valence-corrected chi connectivity index (χ2v) is 2.55. The summed E-state index contributed by atoms with van der Waals surface area (Å²) in [6.07, 6.45) is 0.710. The van der Waals surface area contributed by atoms with Crippen molar-refractivity contribution in [3.63, 3.8) is 0 Å². The summed E-state index contributed by atoms with van der Waals surface area (Å²) in [6, 6.07) is -0.585. The summed E-state index contributed by atoms with van der Waals surface area (Å²) in [5.41, 5.74) is 0. The summed E-state index contributed by atoms with van der Waals surface area (Å²) in [4.78, 5) is 23.1. The van der Waals surface area contributed by atoms with Gasteiger partial charge < -0.3 is 15.0 Å². The van der Waals surface area contributed by atoms with Crippen molar-refractivity contribution in [1.29, 1.82) is 0 Å². The van der Waals surface area contributed by atoms with Crippen LogP contribution >= 0.6 is 0 Å². The molecule has 0 fully saturated rings. The van der Waals surface area contributed by atoms with Gasteiger partial charge in [-0.1, -0.05) is 0 Å². The number of hydrogen-bond acceptors (Lipinski definition) is 2. The van der Waals surface area contributed by atoms with Crippen LogP contribution in [0.2, 0.25) is 0 Å². The molecule has 2 amide bonds. The lowest BCUT2D eigenvalue weighted by Crippen LogP contribution is -2.44. The van der Waals surface area contributed by atoms with Crippen LogP contribution in [-0.4, -0.2) is 36.3 Å². The maximum atomic E-state index is 11.2. The van der Waals surface area contributed by atoms with Crippen molar-refractivity contribution in [3.8, 4) is 0 Å². The highest BCUT2D eigenvalue weighted by molar-refractivity contribution is 5.77. The van der Waals surface area contributed by atoms with Crippen LogP contribution in [0.3, 0.4) is 0 Å². The number of carbonyl (C=O) groups is 2. The summed E-state index contributed by atoms with van der Waals surface area (Å²) in [5, 5.41) is 2.55. The molecule has 0 aromatic carbocycles. The molecule has 4 heteroatoms. The Morgan fingerprint density at radius 3 is 2.33 bits per heavy atom. The van der Waals surface area contributed by atoms with E-state index in [1.807, 2.05) is 13.8 Å². The summed E-state index contributed by atoms with van der Waals surface area (Å²) < 4.78 is 0. The van der Waals surface area contributed by atoms with Gasteiger partial charge in [-0.15, -0.1) is 0 Å². The molecule has 0 aliphatic rings. The summed E-state index contributed by atoms with van der Waals surface area (Å²) >= 11 is 0. The fourth-order valence-electron chi connectivity index (χ4n) is 0.831. The molecule has 0 bridgehead atoms. The Kier molecular flexibility index (Phi) is 5.08. The first-order valence-corrected chi connectivity index (χ1v) is 4.16. The molecule has 0 rings (SSSR count). The lowest BCUT2D eigenvalue weighted by atomic mass is 10.4. The molecular formula is C8H16N2O2. The van der Waals surface area contributed by atoms with E-state index < -0.39 is 6.04 Å². The molecule has 0 saturated heterocycles. The first-order chi connectivity index (χ1) is 5.65. The van der Waals surface area contributed by atoms with Gasteiger partial charge in [-0.25, -0.2) is 4.79 Å². The predicted octanol–water partition coefficient (Wildman–Crippen LogP) is 0.625. The van der Waals surface area contributed by atoms with E-state index in [0.717, 1.165) is 0 Å². The molecule has 0 aromatic heterocycles. The lowest BCUT2D eigenvalue weighted by Gasteiger charge is -2.20. The maximum Gasteiger partial charge on any atom is 0.317 e. The zero-order chi connectivity index (χ0) is 9.56. The number of hydrogen-bond donors (Lipinski definition) is 1. The zero-order valence-corrected chi connectivity index (χ0v) is 7.83. The van der Waals surface area contributed by atoms with Gasteiger partial charge in [0, 0.05) is 13.1 Å². The molecule has 0 spiro atoms. The van der Waals surface area contributed by atoms with E-state index >= 15 is 0 Å². The van der Waals surface area contributed by atoms with Gasteiger partial charge in [-0.2, -0.15) is 0 Å². The monoisotopic (exact) mass is 172 g/mol. The Hall–Kier alpha value is -1.06. The van der Waals surface area contributed by atoms with Crippen LogP contribution < -0.4 is 5.32 Å². The van der Waals surface area contributed by atoms with Crippen molar-refractivity contribution in [1.82, 2.24) is 10.2 Å². The largest absolute Gasteiger partial charge is 0.329 e. The van der Waals surface area contributed by atoms with E-state index in [1.54, 1.807) is 11.8 Å². The zero-order valence-electron chi connectivity index (χ0n) is 7.83. The van der Waals surface area contributed by atoms with Crippen LogP contribution in [0.5, 0.6) is 0 Å². The number of rotatable bonds is 4. The Bertz CT molecular complexity index is 155. The summed E-state index contributed by atoms with van der Waals surface area (Å²) in [7, 11) is 0. The van der Waals surface area contributed by atoms with Gasteiger partial charge in [0.15, 0.2) is 0 Å². The van der Waals surface area contributed by atoms with Gasteiger partial charge in [0.05, 0.1) is 6.04 Å². The minimum atomic E-state index is -0.405. The molecule has 0 aromatic rings. The molecule has 1 N–H and O–H groups in total. The molecule has 0 aliphatic carbocycles. The molecule has 12 heavy (non-hydrogen) atoms. The standard InChI is InChI=1S/C8H16N2O2/c1-4-10(5-2)8(12)9-7(3)6-11/h6-7H,4-5H2,1-3H3,(H,9,12)/t7-/m0/s1. The van der Waals surface area contributed by atoms with Crippen molar-refractivity contribution < 1.29 is 9.59 Å². The minimum Gasteiger partial charge on any atom is -0.329 e. The fourth-order valence-corrected chi connectivity index (χ4v) is 0.831. The van der Waals surface area contributed by atoms with Crippen molar-refractivity contribution >= 4 is 12.3 Å². The van der Waals surface area contributed by atoms with Crippen LogP contribution in [0.25, 0.3) is 0 Å². The van der Waals surface area contributed by atoms with Crippen molar-refractivity contribution in [2.75, 3.05) is 13.1 Å². The number of nitrogens with one attached hydrogen (secondary N) is 1. The molecular weight excluding hydrogens is 156 g/mol. The van der Waals surface area contributed by atoms with Crippen LogP contribution in [0, 0.1) is 0 Å². The first kappa shape index (κ1) is 10.9. The Labute approximate surface area is 72.9 Å². The third kappa shape index (κ3) is 3.37. The highest BCUT2D eigenvalue weighted by Crippen LogP contribution is 1.88. The van der Waals surface area contributed by atoms with Crippen molar-refractivity contribution in [2.45, 2.75) is 26.8 Å². The quantitative estimate of drug-likeness (QED) is 0.632. The lowest BCUT2D eigenvalue weighted by molar-refractivity contribution is -0.109. The predicted molar refractivity (Wildman–Crippen MR) is 47.0 cm³/mol. The Balaban J connectivity index is 3.92. The van der Waals surface area contributed by atoms with E-state index in [1.165, 1.54) is 0 Å². The maximum absolute atomic E-state index is 11.2. The van der Waals surface area contributed by atoms with E-state index in [4.69, 9.17) is 0 Å². The van der Waals surface area contributed by atoms with Crippen LogP contribution in [-0.2, 0) is 4.79 Å². The second-order valence-electron chi connectivity index (χ2n) is 2.55. The molecule has 0 radical (unpaired) electrons. The third-order valence-electron chi connectivity index (χ3n) is 1.61. The number of carbonyl (C=O) groups excluding carboxylic acids is 2. The first-order valence-electron chi connectivity index (χ1n) is 4.16. The third-order valence-corrected chi connectivity index (χ3v) is 1.61. The minimum absolute atomic E-state index is 0.181. The smallest absolute Gasteiger partial charge is 0.317 e. The average Bonchev–Trinajstić information content (AvgIpc) is 2.06. The number of amides is 2. The van der Waals surface area contributed by atoms with Crippen molar-refractivity contribution in [2.24, 2.45) is 0 Å². The highest BCUT2D eigenvalue weighted by Gasteiger charge is 2.10. The van der Waals surface area contributed by atoms with Gasteiger partial charge in [0.1, 0.15) is 6.29 Å². The van der Waals surface area contributed by atoms with Crippen molar-refractivity contribution in [3.05, 3.63) is 0 Å². The molecule has 70 valence electrons. The SMILES string of the molecule is CCN(CC)C(=O)N[C@@H](C)C=O. The topological polar surface area (TPSA) is 49.4 Å². The van der Waals surface area contributed by atoms with Gasteiger partial charge in [-0.05, 0) is 20.8 Å². The van der Waals surface area contributed by atoms with E-state index in [2.05, 4.69) is 5.32 Å².